The standard InChI is InChI=1S/C13H9.C12H7BrN.2ClH.H2S.Zr/c1-3-7-12-10(5-1)9-11-6-2-4-8-13(11)12;13-10-1-2-11-9(6-10)5-8-3-4-14-7-12(8)11;;;;/h1-5,7-8H,9H2;1-2,4-7,12H;2*1H;1H2;/q;;;;;+3/p-3. The molecule has 0 saturated carbocycles. The first kappa shape index (κ1) is 20.7. The maximum atomic E-state index is 7.51. The predicted molar refractivity (Wildman–Crippen MR) is 136 cm³/mol. The molecule has 2 aliphatic carbocycles. The molecule has 31 heavy (non-hydrogen) atoms. The molecule has 0 saturated heterocycles. The van der Waals surface area contributed by atoms with E-state index >= 15 is 0 Å². The molecule has 1 unspecified atom stereocenters. The summed E-state index contributed by atoms with van der Waals surface area (Å²) in [4.78, 5) is 4.59. The van der Waals surface area contributed by atoms with Crippen LogP contribution >= 0.6 is 42.3 Å². The molecular formula is C25H17BrCl2NSZr. The van der Waals surface area contributed by atoms with Gasteiger partial charge < -0.3 is 0 Å². The summed E-state index contributed by atoms with van der Waals surface area (Å²) < 4.78 is 2.97. The fourth-order valence-corrected chi connectivity index (χ4v) is 17.8. The van der Waals surface area contributed by atoms with Crippen LogP contribution in [0.2, 0.25) is 0 Å². The van der Waals surface area contributed by atoms with Crippen molar-refractivity contribution < 1.29 is 14.9 Å². The Balaban J connectivity index is 1.52. The minimum atomic E-state index is -4.92. The maximum absolute atomic E-state index is 7.51. The van der Waals surface area contributed by atoms with Crippen LogP contribution < -0.4 is 3.27 Å². The summed E-state index contributed by atoms with van der Waals surface area (Å²) in [5.41, 5.74) is 8.52. The van der Waals surface area contributed by atoms with Crippen molar-refractivity contribution in [1.82, 2.24) is 0 Å². The van der Waals surface area contributed by atoms with Gasteiger partial charge in [0, 0.05) is 0 Å². The van der Waals surface area contributed by atoms with Crippen molar-refractivity contribution >= 4 is 57.9 Å². The van der Waals surface area contributed by atoms with E-state index in [9.17, 15) is 0 Å². The number of nitrogens with zero attached hydrogens (tertiary/aromatic N) is 1. The Morgan fingerprint density at radius 2 is 1.81 bits per heavy atom. The second-order valence-electron chi connectivity index (χ2n) is 8.32. The van der Waals surface area contributed by atoms with Crippen LogP contribution in [0.4, 0.5) is 0 Å². The van der Waals surface area contributed by atoms with Crippen LogP contribution in [0.25, 0.3) is 17.2 Å². The first-order valence-corrected chi connectivity index (χ1v) is 23.4. The quantitative estimate of drug-likeness (QED) is 0.226. The molecule has 3 aromatic rings. The third kappa shape index (κ3) is 3.10. The van der Waals surface area contributed by atoms with Gasteiger partial charge in [-0.2, -0.15) is 0 Å². The van der Waals surface area contributed by atoms with E-state index < -0.39 is 14.9 Å². The van der Waals surface area contributed by atoms with Gasteiger partial charge in [0.15, 0.2) is 0 Å². The molecule has 0 aromatic heterocycles. The third-order valence-corrected chi connectivity index (χ3v) is 21.4. The number of benzene rings is 3. The average molecular weight is 606 g/mol. The van der Waals surface area contributed by atoms with Gasteiger partial charge in [0.1, 0.15) is 0 Å². The van der Waals surface area contributed by atoms with Crippen LogP contribution in [0.5, 0.6) is 0 Å². The van der Waals surface area contributed by atoms with Crippen molar-refractivity contribution in [3.63, 3.8) is 0 Å². The molecule has 153 valence electrons. The molecule has 0 N–H and O–H groups in total. The fraction of sp³-hybridized carbons (Fsp3) is 0.0800. The Kier molecular flexibility index (Phi) is 4.71. The van der Waals surface area contributed by atoms with Gasteiger partial charge in [0.05, 0.1) is 0 Å². The summed E-state index contributed by atoms with van der Waals surface area (Å²) >= 11 is -1.34. The molecule has 0 radical (unpaired) electrons. The van der Waals surface area contributed by atoms with Crippen LogP contribution in [0.1, 0.15) is 28.2 Å². The van der Waals surface area contributed by atoms with Crippen LogP contribution in [-0.2, 0) is 21.4 Å². The van der Waals surface area contributed by atoms with Crippen LogP contribution in [0.15, 0.2) is 85.2 Å². The Morgan fingerprint density at radius 3 is 2.68 bits per heavy atom. The summed E-state index contributed by atoms with van der Waals surface area (Å²) in [5.74, 6) is 0.0644. The zero-order valence-corrected chi connectivity index (χ0v) is 22.8. The zero-order valence-electron chi connectivity index (χ0n) is 16.3. The number of rotatable bonds is 2. The van der Waals surface area contributed by atoms with Crippen molar-refractivity contribution in [3.05, 3.63) is 102 Å². The van der Waals surface area contributed by atoms with Crippen LogP contribution in [0.3, 0.4) is 0 Å². The zero-order chi connectivity index (χ0) is 21.4. The van der Waals surface area contributed by atoms with Gasteiger partial charge in [-0.25, -0.2) is 0 Å². The van der Waals surface area contributed by atoms with E-state index in [0.717, 1.165) is 23.0 Å². The van der Waals surface area contributed by atoms with Gasteiger partial charge in [-0.3, -0.25) is 0 Å². The van der Waals surface area contributed by atoms with Crippen molar-refractivity contribution in [3.8, 4) is 11.1 Å². The monoisotopic (exact) mass is 602 g/mol. The van der Waals surface area contributed by atoms with Gasteiger partial charge in [0.2, 0.25) is 0 Å². The molecule has 0 fully saturated rings. The molecule has 1 heterocycles. The second-order valence-corrected chi connectivity index (χ2v) is 35.1. The molecule has 1 aliphatic heterocycles. The molecule has 0 amide bonds. The van der Waals surface area contributed by atoms with Crippen LogP contribution in [0, 0.1) is 0 Å². The predicted octanol–water partition coefficient (Wildman–Crippen LogP) is 7.59. The average Bonchev–Trinajstić information content (AvgIpc) is 3.30. The molecule has 0 bridgehead atoms. The minimum absolute atomic E-state index is 0.0644. The fourth-order valence-electron chi connectivity index (χ4n) is 5.12. The number of allylic oxidation sites excluding steroid dienone is 2. The van der Waals surface area contributed by atoms with E-state index in [1.807, 2.05) is 12.4 Å². The van der Waals surface area contributed by atoms with Gasteiger partial charge in [-0.1, -0.05) is 0 Å². The Morgan fingerprint density at radius 1 is 1.00 bits per heavy atom. The molecular weight excluding hydrogens is 588 g/mol. The number of hydrogen-bond donors (Lipinski definition) is 1. The molecule has 0 spiro atoms. The number of fused-ring (bicyclic) bond motifs is 6. The molecule has 3 aliphatic rings. The van der Waals surface area contributed by atoms with E-state index in [2.05, 4.69) is 87.7 Å². The number of halogens is 3. The van der Waals surface area contributed by atoms with Gasteiger partial charge in [-0.15, -0.1) is 0 Å². The second kappa shape index (κ2) is 7.05. The molecule has 1 atom stereocenters. The molecule has 6 heteroatoms. The van der Waals surface area contributed by atoms with Crippen molar-refractivity contribution in [2.24, 2.45) is 4.99 Å². The number of hydrogen-bond acceptors (Lipinski definition) is 2. The van der Waals surface area contributed by atoms with Crippen molar-refractivity contribution in [1.29, 1.82) is 0 Å². The summed E-state index contributed by atoms with van der Waals surface area (Å²) in [6.45, 7) is 0. The van der Waals surface area contributed by atoms with E-state index in [4.69, 9.17) is 26.4 Å². The van der Waals surface area contributed by atoms with Gasteiger partial charge in [0.25, 0.3) is 0 Å². The summed E-state index contributed by atoms with van der Waals surface area (Å²) in [5, 5.41) is 0. The number of thiol groups is 1. The molecule has 6 rings (SSSR count). The molecule has 1 nitrogen and oxygen atoms in total. The normalized spacial score (nSPS) is 19.5. The third-order valence-electron chi connectivity index (χ3n) is 6.55. The Labute approximate surface area is 201 Å². The Bertz CT molecular complexity index is 1380. The van der Waals surface area contributed by atoms with E-state index in [1.54, 1.807) is 0 Å². The van der Waals surface area contributed by atoms with Crippen LogP contribution in [-0.4, -0.2) is 6.21 Å². The topological polar surface area (TPSA) is 12.4 Å². The van der Waals surface area contributed by atoms with Gasteiger partial charge >= 0.3 is 204 Å². The number of aliphatic imine (C=N–C) groups is 1. The summed E-state index contributed by atoms with van der Waals surface area (Å²) in [7, 11) is 20.2. The van der Waals surface area contributed by atoms with E-state index in [1.165, 1.54) is 33.4 Å². The van der Waals surface area contributed by atoms with Crippen molar-refractivity contribution in [2.45, 2.75) is 12.3 Å². The summed E-state index contributed by atoms with van der Waals surface area (Å²) in [6.07, 6.45) is 6.86. The first-order chi connectivity index (χ1) is 14.8. The molecule has 3 aromatic carbocycles. The Hall–Kier alpha value is -0.897. The first-order valence-electron chi connectivity index (χ1n) is 10.1. The van der Waals surface area contributed by atoms with E-state index in [-0.39, 0.29) is 5.92 Å². The van der Waals surface area contributed by atoms with Gasteiger partial charge in [-0.05, 0) is 0 Å². The van der Waals surface area contributed by atoms with Crippen molar-refractivity contribution in [2.75, 3.05) is 0 Å². The SMILES string of the molecule is [SH][Zr]([Cl])([Cl])([C]1=CN=CC2C1=Cc1cc(Br)ccc12)[c]1cccc2c1Cc1ccccc1-2. The summed E-state index contributed by atoms with van der Waals surface area (Å²) in [6, 6.07) is 21.2. The van der Waals surface area contributed by atoms with E-state index in [0.29, 0.717) is 0 Å².